The van der Waals surface area contributed by atoms with Crippen molar-refractivity contribution in [2.75, 3.05) is 37.7 Å². The molecule has 0 atom stereocenters. The number of benzene rings is 2. The molecule has 0 spiro atoms. The molecule has 0 unspecified atom stereocenters. The number of aryl methyl sites for hydroxylation is 1. The molecule has 1 aliphatic carbocycles. The summed E-state index contributed by atoms with van der Waals surface area (Å²) in [6, 6.07) is 15.0. The van der Waals surface area contributed by atoms with Crippen LogP contribution in [0.4, 0.5) is 5.69 Å². The van der Waals surface area contributed by atoms with E-state index in [2.05, 4.69) is 41.0 Å². The number of rotatable bonds is 5. The maximum absolute atomic E-state index is 14.0. The molecule has 3 aromatic rings. The lowest BCUT2D eigenvalue weighted by Gasteiger charge is -2.41. The maximum Gasteiger partial charge on any atom is 0.261 e. The Hall–Kier alpha value is -2.70. The summed E-state index contributed by atoms with van der Waals surface area (Å²) in [5.74, 6) is 0.704. The molecule has 2 bridgehead atoms. The van der Waals surface area contributed by atoms with Crippen LogP contribution < -0.4 is 10.5 Å². The van der Waals surface area contributed by atoms with Gasteiger partial charge in [0.1, 0.15) is 5.82 Å². The summed E-state index contributed by atoms with van der Waals surface area (Å²) in [4.78, 5) is 24.1. The van der Waals surface area contributed by atoms with Crippen molar-refractivity contribution in [2.24, 2.45) is 5.41 Å². The fraction of sp³-hybridized carbons (Fsp3) is 0.500. The Morgan fingerprint density at radius 2 is 1.88 bits per heavy atom. The van der Waals surface area contributed by atoms with Crippen LogP contribution in [0, 0.1) is 12.3 Å². The summed E-state index contributed by atoms with van der Waals surface area (Å²) in [5, 5.41) is 10.8. The number of anilines is 1. The monoisotopic (exact) mass is 458 g/mol. The van der Waals surface area contributed by atoms with Gasteiger partial charge in [0, 0.05) is 55.4 Å². The average molecular weight is 459 g/mol. The molecular weight excluding hydrogens is 424 g/mol. The first-order valence-corrected chi connectivity index (χ1v) is 12.8. The van der Waals surface area contributed by atoms with Crippen LogP contribution >= 0.6 is 0 Å². The van der Waals surface area contributed by atoms with E-state index in [-0.39, 0.29) is 17.6 Å². The second-order valence-corrected chi connectivity index (χ2v) is 10.7. The van der Waals surface area contributed by atoms with Crippen molar-refractivity contribution in [1.82, 2.24) is 14.5 Å². The molecule has 0 radical (unpaired) electrons. The van der Waals surface area contributed by atoms with Crippen molar-refractivity contribution in [2.45, 2.75) is 51.6 Å². The first-order valence-electron chi connectivity index (χ1n) is 12.8. The highest BCUT2D eigenvalue weighted by molar-refractivity contribution is 5.83. The summed E-state index contributed by atoms with van der Waals surface area (Å²) in [7, 11) is 0. The van der Waals surface area contributed by atoms with Gasteiger partial charge in [-0.05, 0) is 56.9 Å². The number of piperidine rings is 1. The maximum atomic E-state index is 14.0. The fourth-order valence-electron chi connectivity index (χ4n) is 6.14. The molecule has 3 aliphatic heterocycles. The molecule has 6 heteroatoms. The Bertz CT molecular complexity index is 1270. The Morgan fingerprint density at radius 3 is 2.59 bits per heavy atom. The highest BCUT2D eigenvalue weighted by Gasteiger charge is 2.38. The third-order valence-corrected chi connectivity index (χ3v) is 8.44. The summed E-state index contributed by atoms with van der Waals surface area (Å²) < 4.78 is 1.84. The Labute approximate surface area is 200 Å². The summed E-state index contributed by atoms with van der Waals surface area (Å²) >= 11 is 0. The number of fused-ring (bicyclic) bond motifs is 5. The van der Waals surface area contributed by atoms with Crippen molar-refractivity contribution in [1.29, 1.82) is 0 Å². The quantitative estimate of drug-likeness (QED) is 0.630. The molecule has 1 saturated carbocycles. The molecular formula is C28H34N4O2. The number of hydrogen-bond donors (Lipinski definition) is 1. The zero-order valence-electron chi connectivity index (χ0n) is 20.0. The third-order valence-electron chi connectivity index (χ3n) is 8.44. The number of aliphatic hydroxyl groups excluding tert-OH is 1. The minimum Gasteiger partial charge on any atom is -0.396 e. The van der Waals surface area contributed by atoms with E-state index in [1.165, 1.54) is 25.9 Å². The van der Waals surface area contributed by atoms with E-state index >= 15 is 0 Å². The van der Waals surface area contributed by atoms with Gasteiger partial charge >= 0.3 is 0 Å². The van der Waals surface area contributed by atoms with Crippen LogP contribution in [0.5, 0.6) is 0 Å². The van der Waals surface area contributed by atoms with Gasteiger partial charge in [-0.25, -0.2) is 4.98 Å². The molecule has 1 N–H and O–H groups in total. The first kappa shape index (κ1) is 21.8. The second-order valence-electron chi connectivity index (χ2n) is 10.7. The van der Waals surface area contributed by atoms with Gasteiger partial charge in [0.05, 0.1) is 17.5 Å². The molecule has 0 amide bonds. The SMILES string of the molecule is Cc1cccc(-c2nc3ccc(N4CCN5CCC4CC5)cc3c(=O)n2CC2(CO)CCC2)c1. The van der Waals surface area contributed by atoms with Gasteiger partial charge in [0.2, 0.25) is 0 Å². The average Bonchev–Trinajstić information content (AvgIpc) is 3.16. The molecule has 2 aromatic carbocycles. The topological polar surface area (TPSA) is 61.6 Å². The molecule has 7 rings (SSSR count). The predicted octanol–water partition coefficient (Wildman–Crippen LogP) is 3.82. The van der Waals surface area contributed by atoms with Crippen LogP contribution in [0.15, 0.2) is 47.3 Å². The van der Waals surface area contributed by atoms with E-state index in [1.807, 2.05) is 22.8 Å². The van der Waals surface area contributed by atoms with E-state index in [0.29, 0.717) is 23.8 Å². The summed E-state index contributed by atoms with van der Waals surface area (Å²) in [6.45, 7) is 7.12. The van der Waals surface area contributed by atoms with Crippen LogP contribution in [0.2, 0.25) is 0 Å². The van der Waals surface area contributed by atoms with Crippen molar-refractivity contribution < 1.29 is 5.11 Å². The van der Waals surface area contributed by atoms with Gasteiger partial charge in [-0.2, -0.15) is 0 Å². The minimum absolute atomic E-state index is 0.00551. The molecule has 3 saturated heterocycles. The first-order chi connectivity index (χ1) is 16.5. The molecule has 34 heavy (non-hydrogen) atoms. The van der Waals surface area contributed by atoms with E-state index in [1.54, 1.807) is 0 Å². The smallest absolute Gasteiger partial charge is 0.261 e. The Balaban J connectivity index is 1.49. The highest BCUT2D eigenvalue weighted by atomic mass is 16.3. The van der Waals surface area contributed by atoms with Gasteiger partial charge < -0.3 is 14.9 Å². The highest BCUT2D eigenvalue weighted by Crippen LogP contribution is 2.42. The van der Waals surface area contributed by atoms with Crippen molar-refractivity contribution in [3.63, 3.8) is 0 Å². The minimum atomic E-state index is -0.215. The molecule has 4 heterocycles. The molecule has 1 aromatic heterocycles. The van der Waals surface area contributed by atoms with Gasteiger partial charge in [-0.1, -0.05) is 30.2 Å². The predicted molar refractivity (Wildman–Crippen MR) is 136 cm³/mol. The Morgan fingerprint density at radius 1 is 1.06 bits per heavy atom. The van der Waals surface area contributed by atoms with Crippen LogP contribution in [0.1, 0.15) is 37.7 Å². The number of hydrogen-bond acceptors (Lipinski definition) is 5. The lowest BCUT2D eigenvalue weighted by Crippen LogP contribution is -2.41. The third kappa shape index (κ3) is 3.73. The zero-order chi connectivity index (χ0) is 23.3. The van der Waals surface area contributed by atoms with Gasteiger partial charge in [0.15, 0.2) is 0 Å². The molecule has 4 fully saturated rings. The summed E-state index contributed by atoms with van der Waals surface area (Å²) in [5.41, 5.74) is 3.76. The van der Waals surface area contributed by atoms with E-state index in [0.717, 1.165) is 54.7 Å². The van der Waals surface area contributed by atoms with E-state index in [9.17, 15) is 9.90 Å². The van der Waals surface area contributed by atoms with Crippen molar-refractivity contribution >= 4 is 16.6 Å². The number of nitrogens with zero attached hydrogens (tertiary/aromatic N) is 4. The van der Waals surface area contributed by atoms with E-state index < -0.39 is 0 Å². The molecule has 178 valence electrons. The van der Waals surface area contributed by atoms with Gasteiger partial charge in [-0.15, -0.1) is 0 Å². The van der Waals surface area contributed by atoms with Crippen molar-refractivity contribution in [3.05, 3.63) is 58.4 Å². The second kappa shape index (κ2) is 8.51. The van der Waals surface area contributed by atoms with Gasteiger partial charge in [-0.3, -0.25) is 9.36 Å². The largest absolute Gasteiger partial charge is 0.396 e. The zero-order valence-corrected chi connectivity index (χ0v) is 20.0. The lowest BCUT2D eigenvalue weighted by molar-refractivity contribution is 0.0270. The van der Waals surface area contributed by atoms with E-state index in [4.69, 9.17) is 4.98 Å². The number of aromatic nitrogens is 2. The van der Waals surface area contributed by atoms with Gasteiger partial charge in [0.25, 0.3) is 5.56 Å². The normalized spacial score (nSPS) is 23.6. The standard InChI is InChI=1S/C28H34N4O2/c1-20-4-2-5-21(16-20)26-29-25-7-6-23(31-15-14-30-12-8-22(31)9-13-30)17-24(25)27(34)32(26)18-28(19-33)10-3-11-28/h2,4-7,16-17,22,33H,3,8-15,18-19H2,1H3. The fourth-order valence-corrected chi connectivity index (χ4v) is 6.14. The Kier molecular flexibility index (Phi) is 5.46. The molecule has 6 nitrogen and oxygen atoms in total. The lowest BCUT2D eigenvalue weighted by atomic mass is 9.69. The van der Waals surface area contributed by atoms with Crippen LogP contribution in [0.25, 0.3) is 22.3 Å². The van der Waals surface area contributed by atoms with Crippen LogP contribution in [-0.2, 0) is 6.54 Å². The van der Waals surface area contributed by atoms with Crippen LogP contribution in [0.3, 0.4) is 0 Å². The van der Waals surface area contributed by atoms with Crippen molar-refractivity contribution in [3.8, 4) is 11.4 Å². The number of aliphatic hydroxyl groups is 1. The van der Waals surface area contributed by atoms with Crippen LogP contribution in [-0.4, -0.2) is 58.4 Å². The molecule has 4 aliphatic rings. The summed E-state index contributed by atoms with van der Waals surface area (Å²) in [6.07, 6.45) is 5.38.